The van der Waals surface area contributed by atoms with E-state index in [0.29, 0.717) is 0 Å². The number of carboxylic acid groups (broad SMARTS) is 1. The minimum Gasteiger partial charge on any atom is -0.480 e. The SMILES string of the molecule is CC[C@H](C)[C@H](NC(=O)C1=C(C)CCC1)C(=O)O. The lowest BCUT2D eigenvalue weighted by molar-refractivity contribution is -0.142. The fourth-order valence-corrected chi connectivity index (χ4v) is 2.11. The van der Waals surface area contributed by atoms with Gasteiger partial charge in [0.15, 0.2) is 0 Å². The molecule has 2 N–H and O–H groups in total. The summed E-state index contributed by atoms with van der Waals surface area (Å²) in [5, 5.41) is 11.7. The summed E-state index contributed by atoms with van der Waals surface area (Å²) in [4.78, 5) is 23.1. The van der Waals surface area contributed by atoms with Crippen LogP contribution in [0, 0.1) is 5.92 Å². The Morgan fingerprint density at radius 1 is 1.41 bits per heavy atom. The molecule has 0 aliphatic heterocycles. The number of carboxylic acids is 1. The van der Waals surface area contributed by atoms with E-state index in [1.54, 1.807) is 0 Å². The van der Waals surface area contributed by atoms with Crippen LogP contribution in [0.3, 0.4) is 0 Å². The average molecular weight is 239 g/mol. The molecule has 4 nitrogen and oxygen atoms in total. The van der Waals surface area contributed by atoms with Gasteiger partial charge in [0.25, 0.3) is 0 Å². The highest BCUT2D eigenvalue weighted by atomic mass is 16.4. The highest BCUT2D eigenvalue weighted by molar-refractivity contribution is 5.97. The lowest BCUT2D eigenvalue weighted by atomic mass is 9.98. The standard InChI is InChI=1S/C13H21NO3/c1-4-8(2)11(13(16)17)14-12(15)10-7-5-6-9(10)3/h8,11H,4-7H2,1-3H3,(H,14,15)(H,16,17)/t8-,11-/m0/s1. The summed E-state index contributed by atoms with van der Waals surface area (Å²) in [6.45, 7) is 5.71. The molecule has 1 rings (SSSR count). The first-order valence-corrected chi connectivity index (χ1v) is 6.19. The van der Waals surface area contributed by atoms with Crippen molar-refractivity contribution in [1.29, 1.82) is 0 Å². The first-order chi connectivity index (χ1) is 7.97. The third-order valence-corrected chi connectivity index (χ3v) is 3.53. The van der Waals surface area contributed by atoms with Gasteiger partial charge in [-0.1, -0.05) is 25.8 Å². The van der Waals surface area contributed by atoms with Gasteiger partial charge in [0.2, 0.25) is 5.91 Å². The summed E-state index contributed by atoms with van der Waals surface area (Å²) in [5.74, 6) is -1.21. The predicted molar refractivity (Wildman–Crippen MR) is 65.6 cm³/mol. The highest BCUT2D eigenvalue weighted by Gasteiger charge is 2.27. The van der Waals surface area contributed by atoms with Crippen LogP contribution >= 0.6 is 0 Å². The van der Waals surface area contributed by atoms with E-state index in [9.17, 15) is 9.59 Å². The van der Waals surface area contributed by atoms with Gasteiger partial charge >= 0.3 is 5.97 Å². The van der Waals surface area contributed by atoms with Crippen LogP contribution in [0.4, 0.5) is 0 Å². The molecule has 96 valence electrons. The fourth-order valence-electron chi connectivity index (χ4n) is 2.11. The molecule has 17 heavy (non-hydrogen) atoms. The summed E-state index contributed by atoms with van der Waals surface area (Å²) >= 11 is 0. The molecule has 1 aliphatic rings. The lowest BCUT2D eigenvalue weighted by Crippen LogP contribution is -2.45. The molecule has 1 amide bonds. The van der Waals surface area contributed by atoms with Gasteiger partial charge in [0.1, 0.15) is 6.04 Å². The molecule has 0 aromatic heterocycles. The molecule has 0 spiro atoms. The van der Waals surface area contributed by atoms with Gasteiger partial charge in [-0.3, -0.25) is 4.79 Å². The zero-order chi connectivity index (χ0) is 13.0. The Labute approximate surface area is 102 Å². The number of amides is 1. The van der Waals surface area contributed by atoms with Crippen LogP contribution in [0.5, 0.6) is 0 Å². The third-order valence-electron chi connectivity index (χ3n) is 3.53. The van der Waals surface area contributed by atoms with Crippen LogP contribution in [0.15, 0.2) is 11.1 Å². The van der Waals surface area contributed by atoms with E-state index in [2.05, 4.69) is 5.32 Å². The molecule has 0 unspecified atom stereocenters. The van der Waals surface area contributed by atoms with Gasteiger partial charge in [0, 0.05) is 5.57 Å². The average Bonchev–Trinajstić information content (AvgIpc) is 2.70. The van der Waals surface area contributed by atoms with Gasteiger partial charge in [-0.15, -0.1) is 0 Å². The van der Waals surface area contributed by atoms with Gasteiger partial charge in [-0.2, -0.15) is 0 Å². The second-order valence-electron chi connectivity index (χ2n) is 4.79. The Morgan fingerprint density at radius 2 is 2.06 bits per heavy atom. The van der Waals surface area contributed by atoms with Crippen molar-refractivity contribution in [2.45, 2.75) is 52.5 Å². The van der Waals surface area contributed by atoms with Crippen molar-refractivity contribution in [3.05, 3.63) is 11.1 Å². The van der Waals surface area contributed by atoms with E-state index in [1.165, 1.54) is 0 Å². The molecule has 0 heterocycles. The van der Waals surface area contributed by atoms with Crippen molar-refractivity contribution in [2.75, 3.05) is 0 Å². The molecule has 0 saturated heterocycles. The number of hydrogen-bond donors (Lipinski definition) is 2. The smallest absolute Gasteiger partial charge is 0.326 e. The summed E-state index contributed by atoms with van der Waals surface area (Å²) < 4.78 is 0. The molecule has 0 aromatic carbocycles. The Morgan fingerprint density at radius 3 is 2.47 bits per heavy atom. The maximum absolute atomic E-state index is 12.0. The van der Waals surface area contributed by atoms with Crippen LogP contribution in [-0.2, 0) is 9.59 Å². The number of rotatable bonds is 5. The quantitative estimate of drug-likeness (QED) is 0.772. The van der Waals surface area contributed by atoms with E-state index in [-0.39, 0.29) is 11.8 Å². The fraction of sp³-hybridized carbons (Fsp3) is 0.692. The van der Waals surface area contributed by atoms with Crippen LogP contribution in [-0.4, -0.2) is 23.0 Å². The number of allylic oxidation sites excluding steroid dienone is 1. The van der Waals surface area contributed by atoms with Crippen LogP contribution in [0.2, 0.25) is 0 Å². The van der Waals surface area contributed by atoms with Gasteiger partial charge in [-0.25, -0.2) is 4.79 Å². The second-order valence-corrected chi connectivity index (χ2v) is 4.79. The van der Waals surface area contributed by atoms with E-state index in [4.69, 9.17) is 5.11 Å². The van der Waals surface area contributed by atoms with E-state index in [1.807, 2.05) is 20.8 Å². The first kappa shape index (κ1) is 13.7. The highest BCUT2D eigenvalue weighted by Crippen LogP contribution is 2.25. The lowest BCUT2D eigenvalue weighted by Gasteiger charge is -2.20. The zero-order valence-corrected chi connectivity index (χ0v) is 10.7. The topological polar surface area (TPSA) is 66.4 Å². The summed E-state index contributed by atoms with van der Waals surface area (Å²) in [5.41, 5.74) is 1.87. The Hall–Kier alpha value is -1.32. The molecule has 0 aromatic rings. The Bertz CT molecular complexity index is 347. The predicted octanol–water partition coefficient (Wildman–Crippen LogP) is 2.10. The summed E-state index contributed by atoms with van der Waals surface area (Å²) in [7, 11) is 0. The van der Waals surface area contributed by atoms with Crippen molar-refractivity contribution >= 4 is 11.9 Å². The summed E-state index contributed by atoms with van der Waals surface area (Å²) in [6.07, 6.45) is 3.44. The summed E-state index contributed by atoms with van der Waals surface area (Å²) in [6, 6.07) is -0.784. The molecule has 2 atom stereocenters. The molecule has 0 bridgehead atoms. The first-order valence-electron chi connectivity index (χ1n) is 6.19. The number of hydrogen-bond acceptors (Lipinski definition) is 2. The minimum absolute atomic E-state index is 0.0567. The molecule has 4 heteroatoms. The van der Waals surface area contributed by atoms with E-state index < -0.39 is 12.0 Å². The second kappa shape index (κ2) is 5.84. The zero-order valence-electron chi connectivity index (χ0n) is 10.7. The van der Waals surface area contributed by atoms with E-state index in [0.717, 1.165) is 36.8 Å². The van der Waals surface area contributed by atoms with Crippen LogP contribution < -0.4 is 5.32 Å². The van der Waals surface area contributed by atoms with Crippen LogP contribution in [0.25, 0.3) is 0 Å². The Balaban J connectivity index is 2.71. The van der Waals surface area contributed by atoms with Crippen molar-refractivity contribution in [3.63, 3.8) is 0 Å². The van der Waals surface area contributed by atoms with Gasteiger partial charge in [0.05, 0.1) is 0 Å². The van der Waals surface area contributed by atoms with E-state index >= 15 is 0 Å². The molecular formula is C13H21NO3. The molecule has 1 aliphatic carbocycles. The third kappa shape index (κ3) is 3.32. The maximum Gasteiger partial charge on any atom is 0.326 e. The molecule has 0 fully saturated rings. The monoisotopic (exact) mass is 239 g/mol. The number of carbonyl (C=O) groups excluding carboxylic acids is 1. The van der Waals surface area contributed by atoms with Crippen molar-refractivity contribution in [3.8, 4) is 0 Å². The molecule has 0 radical (unpaired) electrons. The normalized spacial score (nSPS) is 19.0. The number of carbonyl (C=O) groups is 2. The maximum atomic E-state index is 12.0. The Kier molecular flexibility index (Phi) is 4.73. The van der Waals surface area contributed by atoms with Crippen molar-refractivity contribution in [2.24, 2.45) is 5.92 Å². The number of nitrogens with one attached hydrogen (secondary N) is 1. The van der Waals surface area contributed by atoms with Crippen LogP contribution in [0.1, 0.15) is 46.5 Å². The van der Waals surface area contributed by atoms with Gasteiger partial charge < -0.3 is 10.4 Å². The number of aliphatic carboxylic acids is 1. The van der Waals surface area contributed by atoms with Gasteiger partial charge in [-0.05, 0) is 32.1 Å². The molecular weight excluding hydrogens is 218 g/mol. The molecule has 0 saturated carbocycles. The largest absolute Gasteiger partial charge is 0.480 e. The van der Waals surface area contributed by atoms with Crippen molar-refractivity contribution < 1.29 is 14.7 Å². The van der Waals surface area contributed by atoms with Crippen molar-refractivity contribution in [1.82, 2.24) is 5.32 Å². The minimum atomic E-state index is -0.955.